The predicted octanol–water partition coefficient (Wildman–Crippen LogP) is 5.48. The van der Waals surface area contributed by atoms with E-state index in [2.05, 4.69) is 52.0 Å². The maximum Gasteiger partial charge on any atom is 0.346 e. The predicted molar refractivity (Wildman–Crippen MR) is 128 cm³/mol. The maximum absolute atomic E-state index is 6.06. The SMILES string of the molecule is CCCC(NCc1ccc(Oc2nnnn2-c2ccccc2)c(OCC)c1)c1ccccc1. The summed E-state index contributed by atoms with van der Waals surface area (Å²) in [5.41, 5.74) is 3.24. The van der Waals surface area contributed by atoms with Crippen molar-refractivity contribution < 1.29 is 9.47 Å². The molecule has 0 amide bonds. The van der Waals surface area contributed by atoms with Gasteiger partial charge in [0.05, 0.1) is 12.3 Å². The highest BCUT2D eigenvalue weighted by molar-refractivity contribution is 5.45. The van der Waals surface area contributed by atoms with E-state index < -0.39 is 0 Å². The molecule has 1 heterocycles. The molecule has 0 spiro atoms. The van der Waals surface area contributed by atoms with Crippen molar-refractivity contribution in [1.82, 2.24) is 25.5 Å². The van der Waals surface area contributed by atoms with Crippen LogP contribution in [0, 0.1) is 0 Å². The van der Waals surface area contributed by atoms with Gasteiger partial charge in [0.1, 0.15) is 0 Å². The van der Waals surface area contributed by atoms with E-state index in [0.29, 0.717) is 24.1 Å². The van der Waals surface area contributed by atoms with Crippen molar-refractivity contribution in [1.29, 1.82) is 0 Å². The van der Waals surface area contributed by atoms with Gasteiger partial charge in [-0.2, -0.15) is 4.68 Å². The second-order valence-corrected chi connectivity index (χ2v) is 7.66. The van der Waals surface area contributed by atoms with Gasteiger partial charge >= 0.3 is 6.01 Å². The average Bonchev–Trinajstić information content (AvgIpc) is 3.32. The number of nitrogens with one attached hydrogen (secondary N) is 1. The number of rotatable bonds is 11. The minimum atomic E-state index is 0.278. The Morgan fingerprint density at radius 2 is 1.67 bits per heavy atom. The van der Waals surface area contributed by atoms with E-state index in [1.165, 1.54) is 5.56 Å². The molecule has 0 aliphatic rings. The maximum atomic E-state index is 6.06. The van der Waals surface area contributed by atoms with Gasteiger partial charge in [-0.1, -0.05) is 73.0 Å². The highest BCUT2D eigenvalue weighted by Crippen LogP contribution is 2.32. The van der Waals surface area contributed by atoms with Gasteiger partial charge < -0.3 is 14.8 Å². The lowest BCUT2D eigenvalue weighted by molar-refractivity contribution is 0.315. The normalized spacial score (nSPS) is 11.8. The van der Waals surface area contributed by atoms with Crippen LogP contribution in [0.3, 0.4) is 0 Å². The highest BCUT2D eigenvalue weighted by atomic mass is 16.5. The quantitative estimate of drug-likeness (QED) is 0.331. The summed E-state index contributed by atoms with van der Waals surface area (Å²) in [5, 5.41) is 15.5. The highest BCUT2D eigenvalue weighted by Gasteiger charge is 2.15. The van der Waals surface area contributed by atoms with E-state index in [4.69, 9.17) is 9.47 Å². The van der Waals surface area contributed by atoms with E-state index in [1.54, 1.807) is 4.68 Å². The summed E-state index contributed by atoms with van der Waals surface area (Å²) in [5.74, 6) is 1.23. The van der Waals surface area contributed by atoms with Crippen molar-refractivity contribution in [2.24, 2.45) is 0 Å². The van der Waals surface area contributed by atoms with Crippen molar-refractivity contribution in [3.05, 3.63) is 90.0 Å². The molecule has 0 aliphatic heterocycles. The number of hydrogen-bond acceptors (Lipinski definition) is 6. The van der Waals surface area contributed by atoms with Crippen molar-refractivity contribution in [2.45, 2.75) is 39.3 Å². The Bertz CT molecular complexity index is 1130. The summed E-state index contributed by atoms with van der Waals surface area (Å²) in [7, 11) is 0. The molecule has 7 nitrogen and oxygen atoms in total. The van der Waals surface area contributed by atoms with E-state index in [1.807, 2.05) is 61.5 Å². The van der Waals surface area contributed by atoms with Gasteiger partial charge in [-0.05, 0) is 59.2 Å². The zero-order chi connectivity index (χ0) is 22.9. The van der Waals surface area contributed by atoms with Crippen LogP contribution in [0.1, 0.15) is 43.9 Å². The van der Waals surface area contributed by atoms with Crippen LogP contribution in [-0.4, -0.2) is 26.8 Å². The van der Waals surface area contributed by atoms with Crippen molar-refractivity contribution >= 4 is 0 Å². The Hall–Kier alpha value is -3.71. The largest absolute Gasteiger partial charge is 0.490 e. The van der Waals surface area contributed by atoms with Crippen molar-refractivity contribution in [3.63, 3.8) is 0 Å². The number of ether oxygens (including phenoxy) is 2. The van der Waals surface area contributed by atoms with Gasteiger partial charge in [0, 0.05) is 12.6 Å². The molecule has 0 saturated carbocycles. The van der Waals surface area contributed by atoms with Crippen LogP contribution < -0.4 is 14.8 Å². The Morgan fingerprint density at radius 1 is 0.909 bits per heavy atom. The summed E-state index contributed by atoms with van der Waals surface area (Å²) in [4.78, 5) is 0. The first-order valence-corrected chi connectivity index (χ1v) is 11.3. The summed E-state index contributed by atoms with van der Waals surface area (Å²) >= 11 is 0. The smallest absolute Gasteiger partial charge is 0.346 e. The van der Waals surface area contributed by atoms with Gasteiger partial charge in [-0.25, -0.2) is 0 Å². The second kappa shape index (κ2) is 11.2. The fourth-order valence-corrected chi connectivity index (χ4v) is 3.69. The monoisotopic (exact) mass is 443 g/mol. The van der Waals surface area contributed by atoms with Gasteiger partial charge in [0.15, 0.2) is 11.5 Å². The Labute approximate surface area is 194 Å². The number of benzene rings is 3. The van der Waals surface area contributed by atoms with Crippen LogP contribution in [0.5, 0.6) is 17.5 Å². The minimum Gasteiger partial charge on any atom is -0.490 e. The van der Waals surface area contributed by atoms with Gasteiger partial charge in [0.2, 0.25) is 0 Å². The molecule has 4 aromatic rings. The summed E-state index contributed by atoms with van der Waals surface area (Å²) < 4.78 is 13.5. The zero-order valence-electron chi connectivity index (χ0n) is 19.0. The van der Waals surface area contributed by atoms with Gasteiger partial charge in [0.25, 0.3) is 0 Å². The minimum absolute atomic E-state index is 0.278. The molecule has 1 aromatic heterocycles. The third-order valence-corrected chi connectivity index (χ3v) is 5.28. The topological polar surface area (TPSA) is 74.1 Å². The van der Waals surface area contributed by atoms with Crippen molar-refractivity contribution in [3.8, 4) is 23.2 Å². The van der Waals surface area contributed by atoms with Gasteiger partial charge in [-0.3, -0.25) is 0 Å². The number of hydrogen-bond donors (Lipinski definition) is 1. The van der Waals surface area contributed by atoms with Gasteiger partial charge in [-0.15, -0.1) is 0 Å². The lowest BCUT2D eigenvalue weighted by Crippen LogP contribution is -2.20. The molecule has 0 saturated heterocycles. The molecule has 33 heavy (non-hydrogen) atoms. The Balaban J connectivity index is 1.51. The van der Waals surface area contributed by atoms with Crippen LogP contribution in [0.2, 0.25) is 0 Å². The number of para-hydroxylation sites is 1. The number of aromatic nitrogens is 4. The van der Waals surface area contributed by atoms with E-state index in [9.17, 15) is 0 Å². The Morgan fingerprint density at radius 3 is 2.39 bits per heavy atom. The molecular weight excluding hydrogens is 414 g/mol. The zero-order valence-corrected chi connectivity index (χ0v) is 19.0. The first kappa shape index (κ1) is 22.5. The fraction of sp³-hybridized carbons (Fsp3) is 0.269. The van der Waals surface area contributed by atoms with Crippen molar-refractivity contribution in [2.75, 3.05) is 6.61 Å². The lowest BCUT2D eigenvalue weighted by Gasteiger charge is -2.19. The number of nitrogens with zero attached hydrogens (tertiary/aromatic N) is 4. The summed E-state index contributed by atoms with van der Waals surface area (Å²) in [6, 6.07) is 26.7. The second-order valence-electron chi connectivity index (χ2n) is 7.66. The number of tetrazole rings is 1. The van der Waals surface area contributed by atoms with E-state index >= 15 is 0 Å². The Kier molecular flexibility index (Phi) is 7.66. The van der Waals surface area contributed by atoms with Crippen LogP contribution in [0.4, 0.5) is 0 Å². The standard InChI is InChI=1S/C26H29N5O2/c1-3-11-23(21-12-7-5-8-13-21)27-19-20-16-17-24(25(18-20)32-4-2)33-26-28-29-30-31(26)22-14-9-6-10-15-22/h5-10,12-18,23,27H,3-4,11,19H2,1-2H3. The molecule has 0 aliphatic carbocycles. The molecule has 0 radical (unpaired) electrons. The summed E-state index contributed by atoms with van der Waals surface area (Å²) in [6.45, 7) is 5.41. The molecule has 3 aromatic carbocycles. The molecular formula is C26H29N5O2. The van der Waals surface area contributed by atoms with Crippen LogP contribution >= 0.6 is 0 Å². The van der Waals surface area contributed by atoms with E-state index in [0.717, 1.165) is 30.6 Å². The fourth-order valence-electron chi connectivity index (χ4n) is 3.69. The molecule has 1 N–H and O–H groups in total. The molecule has 4 rings (SSSR count). The molecule has 1 unspecified atom stereocenters. The third kappa shape index (κ3) is 5.75. The van der Waals surface area contributed by atoms with Crippen LogP contribution in [0.25, 0.3) is 5.69 Å². The first-order chi connectivity index (χ1) is 16.3. The van der Waals surface area contributed by atoms with Crippen LogP contribution in [0.15, 0.2) is 78.9 Å². The molecule has 0 bridgehead atoms. The molecule has 7 heteroatoms. The third-order valence-electron chi connectivity index (χ3n) is 5.28. The summed E-state index contributed by atoms with van der Waals surface area (Å²) in [6.07, 6.45) is 2.19. The molecule has 170 valence electrons. The molecule has 0 fully saturated rings. The van der Waals surface area contributed by atoms with Crippen LogP contribution in [-0.2, 0) is 6.54 Å². The van der Waals surface area contributed by atoms with E-state index in [-0.39, 0.29) is 6.01 Å². The first-order valence-electron chi connectivity index (χ1n) is 11.3. The molecule has 1 atom stereocenters. The lowest BCUT2D eigenvalue weighted by atomic mass is 10.0. The average molecular weight is 444 g/mol.